The number of rotatable bonds is 10. The molecule has 4 aliphatic rings. The molecular weight excluding hydrogens is 386 g/mol. The van der Waals surface area contributed by atoms with Crippen LogP contribution in [-0.4, -0.2) is 59.1 Å². The molecule has 1 amide bonds. The summed E-state index contributed by atoms with van der Waals surface area (Å²) in [6.45, 7) is 6.63. The van der Waals surface area contributed by atoms with Crippen LogP contribution < -0.4 is 5.32 Å². The average molecular weight is 422 g/mol. The van der Waals surface area contributed by atoms with Crippen LogP contribution >= 0.6 is 0 Å². The topological polar surface area (TPSA) is 101 Å². The largest absolute Gasteiger partial charge is 0.366 e. The van der Waals surface area contributed by atoms with Crippen LogP contribution in [-0.2, 0) is 23.8 Å². The van der Waals surface area contributed by atoms with Crippen LogP contribution in [0.15, 0.2) is 12.2 Å². The second-order valence-electron chi connectivity index (χ2n) is 9.67. The number of fused-ring (bicyclic) bond motifs is 4. The molecule has 3 saturated heterocycles. The van der Waals surface area contributed by atoms with E-state index < -0.39 is 30.1 Å². The van der Waals surface area contributed by atoms with Crippen LogP contribution in [0, 0.1) is 11.8 Å². The third-order valence-corrected chi connectivity index (χ3v) is 6.96. The number of unbranched alkanes of at least 4 members (excludes halogenated alkanes) is 3. The van der Waals surface area contributed by atoms with Crippen molar-refractivity contribution >= 4 is 11.7 Å². The Morgan fingerprint density at radius 2 is 1.93 bits per heavy atom. The van der Waals surface area contributed by atoms with Gasteiger partial charge in [0.25, 0.3) is 0 Å². The van der Waals surface area contributed by atoms with Crippen LogP contribution in [0.2, 0.25) is 0 Å². The number of aliphatic hydroxyl groups is 1. The van der Waals surface area contributed by atoms with E-state index in [0.717, 1.165) is 6.42 Å². The van der Waals surface area contributed by atoms with Gasteiger partial charge >= 0.3 is 0 Å². The van der Waals surface area contributed by atoms with Gasteiger partial charge in [-0.1, -0.05) is 59.0 Å². The van der Waals surface area contributed by atoms with Crippen LogP contribution in [0.1, 0.15) is 65.7 Å². The predicted molar refractivity (Wildman–Crippen MR) is 110 cm³/mol. The molecule has 2 N–H and O–H groups in total. The van der Waals surface area contributed by atoms with Crippen molar-refractivity contribution in [3.63, 3.8) is 0 Å². The zero-order valence-corrected chi connectivity index (χ0v) is 18.2. The van der Waals surface area contributed by atoms with E-state index in [9.17, 15) is 14.7 Å². The molecule has 4 fully saturated rings. The Kier molecular flexibility index (Phi) is 6.35. The molecule has 8 unspecified atom stereocenters. The summed E-state index contributed by atoms with van der Waals surface area (Å²) in [5, 5.41) is 13.2. The molecule has 3 heterocycles. The van der Waals surface area contributed by atoms with Gasteiger partial charge in [0, 0.05) is 6.42 Å². The predicted octanol–water partition coefficient (Wildman–Crippen LogP) is 2.26. The molecule has 30 heavy (non-hydrogen) atoms. The van der Waals surface area contributed by atoms with E-state index in [2.05, 4.69) is 26.1 Å². The summed E-state index contributed by atoms with van der Waals surface area (Å²) in [5.74, 6) is 0.688. The van der Waals surface area contributed by atoms with Gasteiger partial charge in [0.2, 0.25) is 5.91 Å². The number of nitrogens with one attached hydrogen (secondary N) is 1. The molecule has 3 aliphatic heterocycles. The van der Waals surface area contributed by atoms with Gasteiger partial charge in [0.05, 0.1) is 6.04 Å². The van der Waals surface area contributed by atoms with Gasteiger partial charge in [-0.3, -0.25) is 9.59 Å². The molecule has 0 aromatic rings. The van der Waals surface area contributed by atoms with Crippen molar-refractivity contribution in [2.45, 2.75) is 108 Å². The van der Waals surface area contributed by atoms with Crippen molar-refractivity contribution in [1.82, 2.24) is 5.32 Å². The number of allylic oxidation sites excluding steroid dienone is 1. The van der Waals surface area contributed by atoms with Gasteiger partial charge in [-0.2, -0.15) is 0 Å². The number of hydrogen-bond donors (Lipinski definition) is 2. The van der Waals surface area contributed by atoms with Crippen LogP contribution in [0.5, 0.6) is 0 Å². The first-order valence-electron chi connectivity index (χ1n) is 11.5. The molecule has 0 radical (unpaired) electrons. The number of amides is 1. The lowest BCUT2D eigenvalue weighted by atomic mass is 9.81. The number of hydrogen-bond acceptors (Lipinski definition) is 6. The van der Waals surface area contributed by atoms with Crippen molar-refractivity contribution in [2.24, 2.45) is 11.8 Å². The monoisotopic (exact) mass is 421 g/mol. The number of epoxide rings is 2. The Morgan fingerprint density at radius 3 is 2.60 bits per heavy atom. The Hall–Kier alpha value is -1.28. The van der Waals surface area contributed by atoms with Gasteiger partial charge in [0.15, 0.2) is 12.1 Å². The van der Waals surface area contributed by atoms with Crippen molar-refractivity contribution < 1.29 is 28.9 Å². The SMILES string of the molecule is CCCCCCC(C)CC(C)C=CC(=O)NC1CC2(OC1O)C1OC1C(=O)C1OC12. The highest BCUT2D eigenvalue weighted by atomic mass is 16.7. The number of aliphatic hydroxyl groups excluding tert-OH is 1. The lowest BCUT2D eigenvalue weighted by Gasteiger charge is -2.26. The Labute approximate surface area is 178 Å². The average Bonchev–Trinajstić information content (AvgIpc) is 3.60. The summed E-state index contributed by atoms with van der Waals surface area (Å²) >= 11 is 0. The normalized spacial score (nSPS) is 40.9. The summed E-state index contributed by atoms with van der Waals surface area (Å²) in [4.78, 5) is 24.4. The maximum atomic E-state index is 12.4. The van der Waals surface area contributed by atoms with Gasteiger partial charge < -0.3 is 24.6 Å². The second kappa shape index (κ2) is 8.69. The summed E-state index contributed by atoms with van der Waals surface area (Å²) in [6.07, 6.45) is 8.45. The molecule has 1 saturated carbocycles. The maximum Gasteiger partial charge on any atom is 0.244 e. The van der Waals surface area contributed by atoms with Crippen molar-refractivity contribution in [2.75, 3.05) is 0 Å². The van der Waals surface area contributed by atoms with E-state index in [0.29, 0.717) is 18.3 Å². The number of ether oxygens (including phenoxy) is 3. The quantitative estimate of drug-likeness (QED) is 0.319. The fraction of sp³-hybridized carbons (Fsp3) is 0.826. The van der Waals surface area contributed by atoms with E-state index in [1.807, 2.05) is 6.08 Å². The molecule has 0 aromatic carbocycles. The van der Waals surface area contributed by atoms with E-state index in [4.69, 9.17) is 14.2 Å². The zero-order valence-electron chi connectivity index (χ0n) is 18.2. The third-order valence-electron chi connectivity index (χ3n) is 6.96. The first-order valence-corrected chi connectivity index (χ1v) is 11.5. The lowest BCUT2D eigenvalue weighted by Crippen LogP contribution is -2.49. The Bertz CT molecular complexity index is 673. The molecule has 4 rings (SSSR count). The van der Waals surface area contributed by atoms with Gasteiger partial charge in [-0.15, -0.1) is 0 Å². The Balaban J connectivity index is 1.22. The first kappa shape index (κ1) is 21.9. The summed E-state index contributed by atoms with van der Waals surface area (Å²) < 4.78 is 16.8. The molecule has 7 nitrogen and oxygen atoms in total. The maximum absolute atomic E-state index is 12.4. The molecule has 0 aromatic heterocycles. The minimum Gasteiger partial charge on any atom is -0.366 e. The summed E-state index contributed by atoms with van der Waals surface area (Å²) in [6, 6.07) is -0.544. The zero-order chi connectivity index (χ0) is 21.5. The van der Waals surface area contributed by atoms with Crippen LogP contribution in [0.25, 0.3) is 0 Å². The minimum absolute atomic E-state index is 0.0299. The lowest BCUT2D eigenvalue weighted by molar-refractivity contribution is -0.159. The van der Waals surface area contributed by atoms with Gasteiger partial charge in [-0.05, 0) is 24.3 Å². The van der Waals surface area contributed by atoms with E-state index in [1.165, 1.54) is 32.1 Å². The fourth-order valence-corrected chi connectivity index (χ4v) is 5.25. The van der Waals surface area contributed by atoms with E-state index in [-0.39, 0.29) is 23.9 Å². The van der Waals surface area contributed by atoms with E-state index in [1.54, 1.807) is 6.08 Å². The highest BCUT2D eigenvalue weighted by Gasteiger charge is 2.79. The van der Waals surface area contributed by atoms with Crippen LogP contribution in [0.3, 0.4) is 0 Å². The van der Waals surface area contributed by atoms with Gasteiger partial charge in [-0.25, -0.2) is 0 Å². The van der Waals surface area contributed by atoms with E-state index >= 15 is 0 Å². The summed E-state index contributed by atoms with van der Waals surface area (Å²) in [5.41, 5.74) is -0.829. The summed E-state index contributed by atoms with van der Waals surface area (Å²) in [7, 11) is 0. The van der Waals surface area contributed by atoms with Crippen molar-refractivity contribution in [1.29, 1.82) is 0 Å². The number of carbonyl (C=O) groups excluding carboxylic acids is 2. The third kappa shape index (κ3) is 4.35. The smallest absolute Gasteiger partial charge is 0.244 e. The first-order chi connectivity index (χ1) is 14.4. The molecule has 168 valence electrons. The molecular formula is C23H35NO6. The molecule has 8 atom stereocenters. The second-order valence-corrected chi connectivity index (χ2v) is 9.67. The van der Waals surface area contributed by atoms with Crippen molar-refractivity contribution in [3.05, 3.63) is 12.2 Å². The Morgan fingerprint density at radius 1 is 1.23 bits per heavy atom. The number of carbonyl (C=O) groups is 2. The molecule has 1 spiro atoms. The highest BCUT2D eigenvalue weighted by molar-refractivity contribution is 5.94. The molecule has 1 aliphatic carbocycles. The van der Waals surface area contributed by atoms with Gasteiger partial charge in [0.1, 0.15) is 30.0 Å². The highest BCUT2D eigenvalue weighted by Crippen LogP contribution is 2.57. The molecule has 7 heteroatoms. The molecule has 0 bridgehead atoms. The fourth-order valence-electron chi connectivity index (χ4n) is 5.25. The number of ketones is 1. The van der Waals surface area contributed by atoms with Crippen LogP contribution in [0.4, 0.5) is 0 Å². The van der Waals surface area contributed by atoms with Crippen molar-refractivity contribution in [3.8, 4) is 0 Å². The number of Topliss-reactive ketones (excluding diaryl/α,β-unsaturated/α-hetero) is 1. The standard InChI is InChI=1S/C23H35NO6/c1-4-5-6-7-8-13(2)11-14(3)9-10-16(25)24-15-12-23(30-22(15)27)20-18(28-20)17(26)19-21(23)29-19/h9-10,13-15,18-22,27H,4-8,11-12H2,1-3H3,(H,24,25). The minimum atomic E-state index is -1.13.